The maximum absolute atomic E-state index is 12.7. The van der Waals surface area contributed by atoms with Crippen LogP contribution in [0.1, 0.15) is 21.6 Å². The van der Waals surface area contributed by atoms with Gasteiger partial charge >= 0.3 is 12.0 Å². The number of nitrogens with zero attached hydrogens (tertiary/aromatic N) is 5. The molecule has 0 atom stereocenters. The number of urea groups is 1. The Morgan fingerprint density at radius 3 is 2.41 bits per heavy atom. The van der Waals surface area contributed by atoms with Crippen LogP contribution in [0, 0.1) is 6.92 Å². The number of hydrogen-bond acceptors (Lipinski definition) is 8. The minimum atomic E-state index is -0.424. The number of hydrogen-bond donors (Lipinski definition) is 1. The van der Waals surface area contributed by atoms with Crippen molar-refractivity contribution in [2.45, 2.75) is 13.5 Å². The van der Waals surface area contributed by atoms with E-state index >= 15 is 0 Å². The van der Waals surface area contributed by atoms with Gasteiger partial charge < -0.3 is 15.0 Å². The van der Waals surface area contributed by atoms with Crippen molar-refractivity contribution in [3.63, 3.8) is 0 Å². The van der Waals surface area contributed by atoms with Gasteiger partial charge in [-0.05, 0) is 31.2 Å². The van der Waals surface area contributed by atoms with Crippen LogP contribution in [0.5, 0.6) is 0 Å². The average molecular weight is 519 g/mol. The molecule has 3 heterocycles. The summed E-state index contributed by atoms with van der Waals surface area (Å²) in [5.41, 5.74) is 3.63. The first-order valence-corrected chi connectivity index (χ1v) is 12.6. The van der Waals surface area contributed by atoms with Gasteiger partial charge in [0, 0.05) is 50.0 Å². The van der Waals surface area contributed by atoms with E-state index in [1.54, 1.807) is 29.2 Å². The Hall–Kier alpha value is -4.09. The number of piperazine rings is 1. The third-order valence-corrected chi connectivity index (χ3v) is 7.16. The lowest BCUT2D eigenvalue weighted by Gasteiger charge is -2.34. The van der Waals surface area contributed by atoms with Gasteiger partial charge in [-0.25, -0.2) is 14.6 Å². The summed E-state index contributed by atoms with van der Waals surface area (Å²) >= 11 is 1.39. The number of ether oxygens (including phenoxy) is 1. The molecule has 10 nitrogen and oxygen atoms in total. The van der Waals surface area contributed by atoms with Gasteiger partial charge in [-0.2, -0.15) is 9.61 Å². The molecule has 0 unspecified atom stereocenters. The van der Waals surface area contributed by atoms with E-state index < -0.39 is 5.97 Å². The number of carbonyl (C=O) groups is 2. The molecule has 2 aromatic carbocycles. The predicted octanol–water partition coefficient (Wildman–Crippen LogP) is 3.26. The summed E-state index contributed by atoms with van der Waals surface area (Å²) in [6, 6.07) is 15.9. The number of esters is 1. The molecule has 11 heteroatoms. The molecule has 2 aromatic heterocycles. The number of carbonyl (C=O) groups excluding carboxylic acids is 2. The summed E-state index contributed by atoms with van der Waals surface area (Å²) in [7, 11) is 1.33. The second-order valence-corrected chi connectivity index (χ2v) is 9.77. The van der Waals surface area contributed by atoms with E-state index in [0.717, 1.165) is 16.1 Å². The zero-order chi connectivity index (χ0) is 25.9. The molecule has 1 fully saturated rings. The van der Waals surface area contributed by atoms with Crippen molar-refractivity contribution in [1.82, 2.24) is 24.4 Å². The van der Waals surface area contributed by atoms with E-state index in [1.165, 1.54) is 29.0 Å². The number of nitrogens with one attached hydrogen (secondary N) is 1. The Balaban J connectivity index is 1.19. The first-order valence-electron chi connectivity index (χ1n) is 11.8. The molecule has 0 saturated carbocycles. The molecule has 1 aliphatic heterocycles. The number of amides is 2. The molecule has 0 radical (unpaired) electrons. The molecule has 1 saturated heterocycles. The van der Waals surface area contributed by atoms with Crippen molar-refractivity contribution in [3.8, 4) is 10.6 Å². The highest BCUT2D eigenvalue weighted by Gasteiger charge is 2.22. The zero-order valence-electron chi connectivity index (χ0n) is 20.5. The molecule has 5 rings (SSSR count). The van der Waals surface area contributed by atoms with Crippen molar-refractivity contribution in [2.24, 2.45) is 0 Å². The zero-order valence-corrected chi connectivity index (χ0v) is 21.3. The Labute approximate surface area is 217 Å². The lowest BCUT2D eigenvalue weighted by Crippen LogP contribution is -2.49. The maximum Gasteiger partial charge on any atom is 0.337 e. The lowest BCUT2D eigenvalue weighted by molar-refractivity contribution is 0.0600. The van der Waals surface area contributed by atoms with Gasteiger partial charge in [-0.15, -0.1) is 0 Å². The van der Waals surface area contributed by atoms with Gasteiger partial charge in [0.2, 0.25) is 4.96 Å². The van der Waals surface area contributed by atoms with Gasteiger partial charge in [0.05, 0.1) is 18.4 Å². The number of anilines is 1. The van der Waals surface area contributed by atoms with E-state index in [1.807, 2.05) is 31.2 Å². The second-order valence-electron chi connectivity index (χ2n) is 8.82. The van der Waals surface area contributed by atoms with Gasteiger partial charge in [0.15, 0.2) is 0 Å². The molecule has 190 valence electrons. The Morgan fingerprint density at radius 2 is 1.73 bits per heavy atom. The number of fused-ring (bicyclic) bond motifs is 1. The number of rotatable bonds is 5. The quantitative estimate of drug-likeness (QED) is 0.404. The van der Waals surface area contributed by atoms with E-state index in [-0.39, 0.29) is 11.6 Å². The molecule has 0 bridgehead atoms. The molecule has 0 spiro atoms. The van der Waals surface area contributed by atoms with Crippen LogP contribution < -0.4 is 10.9 Å². The minimum Gasteiger partial charge on any atom is -0.465 e. The van der Waals surface area contributed by atoms with Gasteiger partial charge in [0.25, 0.3) is 5.56 Å². The average Bonchev–Trinajstić information content (AvgIpc) is 3.34. The lowest BCUT2D eigenvalue weighted by atomic mass is 10.2. The Bertz CT molecular complexity index is 1490. The van der Waals surface area contributed by atoms with Crippen LogP contribution >= 0.6 is 11.3 Å². The molecule has 0 aliphatic carbocycles. The number of aryl methyl sites for hydroxylation is 1. The predicted molar refractivity (Wildman–Crippen MR) is 141 cm³/mol. The molecule has 37 heavy (non-hydrogen) atoms. The standard InChI is InChI=1S/C26H26N6O4S/c1-17-3-5-18(6-4-17)23-29-32-22(33)15-21(28-26(32)37-23)16-30-11-13-31(14-12-30)25(35)27-20-9-7-19(8-10-20)24(34)36-2/h3-10,15H,11-14,16H2,1-2H3,(H,27,35). The first-order chi connectivity index (χ1) is 17.9. The summed E-state index contributed by atoms with van der Waals surface area (Å²) in [5.74, 6) is -0.424. The Morgan fingerprint density at radius 1 is 1.03 bits per heavy atom. The smallest absolute Gasteiger partial charge is 0.337 e. The van der Waals surface area contributed by atoms with Crippen molar-refractivity contribution in [3.05, 3.63) is 81.8 Å². The molecular weight excluding hydrogens is 492 g/mol. The Kier molecular flexibility index (Phi) is 6.97. The van der Waals surface area contributed by atoms with Crippen LogP contribution in [0.25, 0.3) is 15.5 Å². The number of aromatic nitrogens is 3. The fourth-order valence-corrected chi connectivity index (χ4v) is 5.03. The van der Waals surface area contributed by atoms with E-state index in [9.17, 15) is 14.4 Å². The third-order valence-electron chi connectivity index (χ3n) is 6.20. The molecule has 2 amide bonds. The van der Waals surface area contributed by atoms with Crippen molar-refractivity contribution >= 4 is 34.0 Å². The summed E-state index contributed by atoms with van der Waals surface area (Å²) < 4.78 is 6.04. The fourth-order valence-electron chi connectivity index (χ4n) is 4.10. The third kappa shape index (κ3) is 5.52. The highest BCUT2D eigenvalue weighted by Crippen LogP contribution is 2.24. The monoisotopic (exact) mass is 518 g/mol. The van der Waals surface area contributed by atoms with Crippen LogP contribution in [0.15, 0.2) is 59.4 Å². The van der Waals surface area contributed by atoms with Crippen LogP contribution in [0.4, 0.5) is 10.5 Å². The highest BCUT2D eigenvalue weighted by molar-refractivity contribution is 7.19. The van der Waals surface area contributed by atoms with Crippen LogP contribution in [0.3, 0.4) is 0 Å². The van der Waals surface area contributed by atoms with Crippen LogP contribution in [-0.2, 0) is 11.3 Å². The second kappa shape index (κ2) is 10.5. The van der Waals surface area contributed by atoms with Crippen LogP contribution in [-0.4, -0.2) is 69.7 Å². The topological polar surface area (TPSA) is 109 Å². The van der Waals surface area contributed by atoms with Crippen molar-refractivity contribution in [1.29, 1.82) is 0 Å². The van der Waals surface area contributed by atoms with Gasteiger partial charge in [-0.3, -0.25) is 9.69 Å². The minimum absolute atomic E-state index is 0.198. The number of methoxy groups -OCH3 is 1. The fraction of sp³-hybridized carbons (Fsp3) is 0.269. The summed E-state index contributed by atoms with van der Waals surface area (Å²) in [4.78, 5) is 46.1. The van der Waals surface area contributed by atoms with Crippen molar-refractivity contribution < 1.29 is 14.3 Å². The number of benzene rings is 2. The van der Waals surface area contributed by atoms with Crippen molar-refractivity contribution in [2.75, 3.05) is 38.6 Å². The molecular formula is C26H26N6O4S. The summed E-state index contributed by atoms with van der Waals surface area (Å²) in [6.07, 6.45) is 0. The van der Waals surface area contributed by atoms with Crippen LogP contribution in [0.2, 0.25) is 0 Å². The van der Waals surface area contributed by atoms with Gasteiger partial charge in [-0.1, -0.05) is 41.2 Å². The highest BCUT2D eigenvalue weighted by atomic mass is 32.1. The maximum atomic E-state index is 12.7. The van der Waals surface area contributed by atoms with E-state index in [2.05, 4.69) is 20.3 Å². The molecule has 1 aliphatic rings. The molecule has 1 N–H and O–H groups in total. The first kappa shape index (κ1) is 24.6. The van der Waals surface area contributed by atoms with E-state index in [0.29, 0.717) is 54.6 Å². The normalized spacial score (nSPS) is 14.1. The summed E-state index contributed by atoms with van der Waals surface area (Å²) in [6.45, 7) is 4.96. The summed E-state index contributed by atoms with van der Waals surface area (Å²) in [5, 5.41) is 8.07. The van der Waals surface area contributed by atoms with E-state index in [4.69, 9.17) is 4.74 Å². The SMILES string of the molecule is COC(=O)c1ccc(NC(=O)N2CCN(Cc3cc(=O)n4nc(-c5ccc(C)cc5)sc4n3)CC2)cc1. The largest absolute Gasteiger partial charge is 0.465 e. The van der Waals surface area contributed by atoms with Gasteiger partial charge in [0.1, 0.15) is 5.01 Å². The molecule has 4 aromatic rings.